The highest BCUT2D eigenvalue weighted by atomic mass is 32.2. The number of hydrogen-bond donors (Lipinski definition) is 0. The first-order chi connectivity index (χ1) is 10.9. The highest BCUT2D eigenvalue weighted by Crippen LogP contribution is 2.35. The zero-order chi connectivity index (χ0) is 16.5. The molecule has 0 saturated carbocycles. The second-order valence-electron chi connectivity index (χ2n) is 6.38. The summed E-state index contributed by atoms with van der Waals surface area (Å²) in [4.78, 5) is 2.42. The third-order valence-corrected chi connectivity index (χ3v) is 6.16. The lowest BCUT2D eigenvalue weighted by Crippen LogP contribution is -2.58. The minimum absolute atomic E-state index is 0.0877. The predicted octanol–water partition coefficient (Wildman–Crippen LogP) is 2.87. The molecule has 1 heterocycles. The Balaban J connectivity index is 1.60. The van der Waals surface area contributed by atoms with Crippen molar-refractivity contribution >= 4 is 9.84 Å². The summed E-state index contributed by atoms with van der Waals surface area (Å²) in [7, 11) is -3.26. The number of hydrogen-bond acceptors (Lipinski definition) is 3. The molecule has 0 atom stereocenters. The van der Waals surface area contributed by atoms with Crippen LogP contribution in [0, 0.1) is 5.82 Å². The molecular formula is C18H20FNO2S. The maximum atomic E-state index is 13.9. The Morgan fingerprint density at radius 1 is 1.04 bits per heavy atom. The zero-order valence-electron chi connectivity index (χ0n) is 13.1. The lowest BCUT2D eigenvalue weighted by Gasteiger charge is -2.48. The standard InChI is InChI=1S/C18H20FNO2S/c1-18(16-9-5-6-10-17(16)19)13-20(14-18)11-12-23(21,22)15-7-3-2-4-8-15/h2-10H,11-14H2,1H3. The summed E-state index contributed by atoms with van der Waals surface area (Å²) in [6, 6.07) is 15.3. The average molecular weight is 333 g/mol. The van der Waals surface area contributed by atoms with Gasteiger partial charge in [0, 0.05) is 25.0 Å². The smallest absolute Gasteiger partial charge is 0.179 e. The molecule has 0 spiro atoms. The molecule has 1 saturated heterocycles. The van der Waals surface area contributed by atoms with Crippen LogP contribution in [0.25, 0.3) is 0 Å². The monoisotopic (exact) mass is 333 g/mol. The van der Waals surface area contributed by atoms with Crippen LogP contribution in [0.5, 0.6) is 0 Å². The zero-order valence-corrected chi connectivity index (χ0v) is 13.9. The van der Waals surface area contributed by atoms with Crippen LogP contribution in [0.4, 0.5) is 4.39 Å². The van der Waals surface area contributed by atoms with Crippen molar-refractivity contribution in [3.63, 3.8) is 0 Å². The molecule has 0 N–H and O–H groups in total. The maximum Gasteiger partial charge on any atom is 0.179 e. The van der Waals surface area contributed by atoms with E-state index in [4.69, 9.17) is 0 Å². The number of nitrogens with zero attached hydrogens (tertiary/aromatic N) is 1. The van der Waals surface area contributed by atoms with E-state index in [1.807, 2.05) is 19.1 Å². The Kier molecular flexibility index (Phi) is 4.25. The number of halogens is 1. The maximum absolute atomic E-state index is 13.9. The summed E-state index contributed by atoms with van der Waals surface area (Å²) >= 11 is 0. The van der Waals surface area contributed by atoms with Gasteiger partial charge < -0.3 is 4.90 Å². The van der Waals surface area contributed by atoms with Crippen LogP contribution in [0.2, 0.25) is 0 Å². The van der Waals surface area contributed by atoms with Gasteiger partial charge in [-0.3, -0.25) is 0 Å². The SMILES string of the molecule is CC1(c2ccccc2F)CN(CCS(=O)(=O)c2ccccc2)C1. The number of sulfone groups is 1. The summed E-state index contributed by atoms with van der Waals surface area (Å²) < 4.78 is 38.5. The third-order valence-electron chi connectivity index (χ3n) is 4.45. The first kappa shape index (κ1) is 16.1. The van der Waals surface area contributed by atoms with Crippen LogP contribution >= 0.6 is 0 Å². The summed E-state index contributed by atoms with van der Waals surface area (Å²) in [5, 5.41) is 0. The van der Waals surface area contributed by atoms with Crippen molar-refractivity contribution in [2.24, 2.45) is 0 Å². The van der Waals surface area contributed by atoms with Crippen LogP contribution in [-0.2, 0) is 15.3 Å². The Hall–Kier alpha value is -1.72. The van der Waals surface area contributed by atoms with Gasteiger partial charge in [-0.05, 0) is 23.8 Å². The van der Waals surface area contributed by atoms with Gasteiger partial charge in [-0.15, -0.1) is 0 Å². The molecule has 0 aliphatic carbocycles. The molecule has 0 aromatic heterocycles. The molecule has 122 valence electrons. The van der Waals surface area contributed by atoms with Crippen molar-refractivity contribution in [1.82, 2.24) is 4.90 Å². The van der Waals surface area contributed by atoms with E-state index in [1.165, 1.54) is 6.07 Å². The lowest BCUT2D eigenvalue weighted by atomic mass is 9.75. The second kappa shape index (κ2) is 6.06. The Morgan fingerprint density at radius 3 is 2.30 bits per heavy atom. The Labute approximate surface area is 136 Å². The van der Waals surface area contributed by atoms with E-state index in [0.29, 0.717) is 30.1 Å². The minimum atomic E-state index is -3.26. The van der Waals surface area contributed by atoms with Gasteiger partial charge in [-0.2, -0.15) is 0 Å². The van der Waals surface area contributed by atoms with Gasteiger partial charge in [0.05, 0.1) is 10.6 Å². The molecule has 0 amide bonds. The van der Waals surface area contributed by atoms with Gasteiger partial charge in [-0.25, -0.2) is 12.8 Å². The fourth-order valence-corrected chi connectivity index (χ4v) is 4.52. The highest BCUT2D eigenvalue weighted by Gasteiger charge is 2.41. The first-order valence-corrected chi connectivity index (χ1v) is 9.31. The number of rotatable bonds is 5. The van der Waals surface area contributed by atoms with Crippen molar-refractivity contribution in [2.45, 2.75) is 17.2 Å². The van der Waals surface area contributed by atoms with E-state index >= 15 is 0 Å². The van der Waals surface area contributed by atoms with Gasteiger partial charge in [0.1, 0.15) is 5.82 Å². The van der Waals surface area contributed by atoms with Gasteiger partial charge in [0.15, 0.2) is 9.84 Å². The molecule has 1 aliphatic heterocycles. The molecular weight excluding hydrogens is 313 g/mol. The van der Waals surface area contributed by atoms with Gasteiger partial charge in [0.25, 0.3) is 0 Å². The van der Waals surface area contributed by atoms with E-state index in [9.17, 15) is 12.8 Å². The van der Waals surface area contributed by atoms with Crippen molar-refractivity contribution in [3.05, 3.63) is 66.0 Å². The van der Waals surface area contributed by atoms with Crippen LogP contribution in [0.15, 0.2) is 59.5 Å². The quantitative estimate of drug-likeness (QED) is 0.844. The Bertz CT molecular complexity index is 784. The molecule has 5 heteroatoms. The normalized spacial score (nSPS) is 17.7. The van der Waals surface area contributed by atoms with Gasteiger partial charge in [-0.1, -0.05) is 43.3 Å². The molecule has 2 aromatic carbocycles. The van der Waals surface area contributed by atoms with E-state index in [1.54, 1.807) is 36.4 Å². The van der Waals surface area contributed by atoms with Crippen molar-refractivity contribution in [2.75, 3.05) is 25.4 Å². The third kappa shape index (κ3) is 3.31. The van der Waals surface area contributed by atoms with Crippen molar-refractivity contribution in [3.8, 4) is 0 Å². The van der Waals surface area contributed by atoms with E-state index in [0.717, 1.165) is 0 Å². The van der Waals surface area contributed by atoms with Crippen LogP contribution in [0.1, 0.15) is 12.5 Å². The molecule has 2 aromatic rings. The highest BCUT2D eigenvalue weighted by molar-refractivity contribution is 7.91. The largest absolute Gasteiger partial charge is 0.300 e. The van der Waals surface area contributed by atoms with E-state index in [2.05, 4.69) is 4.90 Å². The lowest BCUT2D eigenvalue weighted by molar-refractivity contribution is 0.0825. The van der Waals surface area contributed by atoms with E-state index in [-0.39, 0.29) is 17.0 Å². The summed E-state index contributed by atoms with van der Waals surface area (Å²) in [5.74, 6) is -0.101. The fraction of sp³-hybridized carbons (Fsp3) is 0.333. The van der Waals surface area contributed by atoms with Crippen LogP contribution < -0.4 is 0 Å². The molecule has 3 nitrogen and oxygen atoms in total. The van der Waals surface area contributed by atoms with E-state index < -0.39 is 9.84 Å². The molecule has 3 rings (SSSR count). The second-order valence-corrected chi connectivity index (χ2v) is 8.49. The predicted molar refractivity (Wildman–Crippen MR) is 88.7 cm³/mol. The molecule has 0 unspecified atom stereocenters. The van der Waals surface area contributed by atoms with Crippen molar-refractivity contribution in [1.29, 1.82) is 0 Å². The van der Waals surface area contributed by atoms with Crippen LogP contribution in [0.3, 0.4) is 0 Å². The van der Waals surface area contributed by atoms with Gasteiger partial charge >= 0.3 is 0 Å². The summed E-state index contributed by atoms with van der Waals surface area (Å²) in [5.41, 5.74) is 0.476. The molecule has 1 fully saturated rings. The topological polar surface area (TPSA) is 37.4 Å². The Morgan fingerprint density at radius 2 is 1.65 bits per heavy atom. The average Bonchev–Trinajstić information content (AvgIpc) is 2.52. The summed E-state index contributed by atoms with van der Waals surface area (Å²) in [6.45, 7) is 3.85. The first-order valence-electron chi connectivity index (χ1n) is 7.66. The van der Waals surface area contributed by atoms with Gasteiger partial charge in [0.2, 0.25) is 0 Å². The molecule has 23 heavy (non-hydrogen) atoms. The van der Waals surface area contributed by atoms with Crippen molar-refractivity contribution < 1.29 is 12.8 Å². The summed E-state index contributed by atoms with van der Waals surface area (Å²) in [6.07, 6.45) is 0. The molecule has 0 radical (unpaired) electrons. The molecule has 1 aliphatic rings. The van der Waals surface area contributed by atoms with Crippen LogP contribution in [-0.4, -0.2) is 38.7 Å². The fourth-order valence-electron chi connectivity index (χ4n) is 3.21. The number of likely N-dealkylation sites (tertiary alicyclic amines) is 1. The minimum Gasteiger partial charge on any atom is -0.300 e. The molecule has 0 bridgehead atoms. The number of benzene rings is 2.